The van der Waals surface area contributed by atoms with Crippen molar-refractivity contribution in [1.29, 1.82) is 0 Å². The smallest absolute Gasteiger partial charge is 0.340 e. The van der Waals surface area contributed by atoms with Crippen LogP contribution in [-0.4, -0.2) is 36.2 Å². The van der Waals surface area contributed by atoms with Gasteiger partial charge in [0.15, 0.2) is 6.61 Å². The number of ether oxygens (including phenoxy) is 1. The van der Waals surface area contributed by atoms with Crippen LogP contribution in [0.1, 0.15) is 44.6 Å². The van der Waals surface area contributed by atoms with Crippen LogP contribution in [0.25, 0.3) is 0 Å². The number of aryl methyl sites for hydroxylation is 2. The van der Waals surface area contributed by atoms with Gasteiger partial charge in [-0.05, 0) is 38.5 Å². The maximum absolute atomic E-state index is 12.4. The first-order valence-electron chi connectivity index (χ1n) is 7.74. The Kier molecular flexibility index (Phi) is 6.36. The van der Waals surface area contributed by atoms with Gasteiger partial charge in [0, 0.05) is 16.4 Å². The number of rotatable bonds is 7. The van der Waals surface area contributed by atoms with Gasteiger partial charge in [0.1, 0.15) is 0 Å². The van der Waals surface area contributed by atoms with Crippen molar-refractivity contribution >= 4 is 29.6 Å². The summed E-state index contributed by atoms with van der Waals surface area (Å²) in [5.74, 6) is -0.879. The molecule has 0 aliphatic rings. The van der Waals surface area contributed by atoms with Crippen LogP contribution in [0, 0.1) is 13.8 Å². The average molecular weight is 363 g/mol. The van der Waals surface area contributed by atoms with E-state index in [4.69, 9.17) is 21.2 Å². The number of aromatic nitrogens is 1. The minimum absolute atomic E-state index is 0.234. The molecule has 0 atom stereocenters. The number of halogens is 1. The lowest BCUT2D eigenvalue weighted by atomic mass is 10.1. The fourth-order valence-corrected chi connectivity index (χ4v) is 2.53. The van der Waals surface area contributed by atoms with E-state index in [2.05, 4.69) is 10.1 Å². The van der Waals surface area contributed by atoms with Gasteiger partial charge < -0.3 is 14.6 Å². The van der Waals surface area contributed by atoms with Gasteiger partial charge in [0.25, 0.3) is 0 Å². The second-order valence-electron chi connectivity index (χ2n) is 5.33. The second kappa shape index (κ2) is 8.48. The number of nitrogens with zero attached hydrogens (tertiary/aromatic N) is 1. The molecule has 0 aliphatic heterocycles. The molecule has 7 heteroatoms. The van der Waals surface area contributed by atoms with Crippen molar-refractivity contribution in [2.45, 2.75) is 20.8 Å². The van der Waals surface area contributed by atoms with Gasteiger partial charge >= 0.3 is 5.97 Å². The summed E-state index contributed by atoms with van der Waals surface area (Å²) in [6, 6.07) is 7.00. The summed E-state index contributed by atoms with van der Waals surface area (Å²) in [7, 11) is 0. The molecular formula is C18H19ClN2O4. The lowest BCUT2D eigenvalue weighted by Gasteiger charge is -2.05. The van der Waals surface area contributed by atoms with Crippen LogP contribution in [0.2, 0.25) is 5.02 Å². The molecule has 0 bridgehead atoms. The minimum Gasteiger partial charge on any atom is -0.462 e. The zero-order valence-corrected chi connectivity index (χ0v) is 15.0. The molecule has 0 radical (unpaired) electrons. The van der Waals surface area contributed by atoms with Crippen LogP contribution in [0.3, 0.4) is 0 Å². The first kappa shape index (κ1) is 18.7. The summed E-state index contributed by atoms with van der Waals surface area (Å²) in [4.78, 5) is 32.5. The third-order valence-corrected chi connectivity index (χ3v) is 3.73. The molecule has 132 valence electrons. The number of hydrogen-bond donors (Lipinski definition) is 1. The fourth-order valence-electron chi connectivity index (χ4n) is 2.40. The summed E-state index contributed by atoms with van der Waals surface area (Å²) in [5, 5.41) is 4.39. The molecule has 1 aromatic carbocycles. The summed E-state index contributed by atoms with van der Waals surface area (Å²) in [6.07, 6.45) is 1.48. The van der Waals surface area contributed by atoms with Gasteiger partial charge in [-0.1, -0.05) is 28.9 Å². The number of oxime groups is 1. The molecule has 1 aromatic heterocycles. The molecule has 0 spiro atoms. The maximum Gasteiger partial charge on any atom is 0.340 e. The molecule has 0 fully saturated rings. The highest BCUT2D eigenvalue weighted by Crippen LogP contribution is 2.20. The standard InChI is InChI=1S/C18H19ClN2O4/c1-4-24-18(23)17-12(3)21-11(2)16(17)15(22)10-25-20-9-13-5-7-14(19)8-6-13/h5-9,21H,4,10H2,1-3H3/b20-9+. The van der Waals surface area contributed by atoms with Gasteiger partial charge in [-0.3, -0.25) is 4.79 Å². The molecule has 1 N–H and O–H groups in total. The van der Waals surface area contributed by atoms with Gasteiger partial charge in [-0.2, -0.15) is 0 Å². The number of carbonyl (C=O) groups excluding carboxylic acids is 2. The lowest BCUT2D eigenvalue weighted by Crippen LogP contribution is -2.15. The van der Waals surface area contributed by atoms with Gasteiger partial charge in [0.2, 0.25) is 5.78 Å². The van der Waals surface area contributed by atoms with Crippen molar-refractivity contribution < 1.29 is 19.2 Å². The number of carbonyl (C=O) groups is 2. The van der Waals surface area contributed by atoms with Crippen LogP contribution >= 0.6 is 11.6 Å². The molecule has 2 aromatic rings. The molecule has 0 amide bonds. The number of Topliss-reactive ketones (excluding diaryl/α,β-unsaturated/α-hetero) is 1. The van der Waals surface area contributed by atoms with Crippen LogP contribution < -0.4 is 0 Å². The van der Waals surface area contributed by atoms with Crippen molar-refractivity contribution in [3.05, 3.63) is 57.4 Å². The van der Waals surface area contributed by atoms with E-state index in [1.165, 1.54) is 6.21 Å². The number of hydrogen-bond acceptors (Lipinski definition) is 5. The highest BCUT2D eigenvalue weighted by atomic mass is 35.5. The molecule has 2 rings (SSSR count). The zero-order valence-electron chi connectivity index (χ0n) is 14.3. The van der Waals surface area contributed by atoms with Crippen LogP contribution in [-0.2, 0) is 9.57 Å². The normalized spacial score (nSPS) is 10.9. The van der Waals surface area contributed by atoms with Crippen molar-refractivity contribution in [3.63, 3.8) is 0 Å². The quantitative estimate of drug-likeness (QED) is 0.352. The highest BCUT2D eigenvalue weighted by Gasteiger charge is 2.25. The van der Waals surface area contributed by atoms with Crippen molar-refractivity contribution in [2.24, 2.45) is 5.16 Å². The lowest BCUT2D eigenvalue weighted by molar-refractivity contribution is 0.0520. The monoisotopic (exact) mass is 362 g/mol. The van der Waals surface area contributed by atoms with Gasteiger partial charge in [-0.15, -0.1) is 0 Å². The highest BCUT2D eigenvalue weighted by molar-refractivity contribution is 6.30. The van der Waals surface area contributed by atoms with E-state index in [0.717, 1.165) is 5.56 Å². The predicted octanol–water partition coefficient (Wildman–Crippen LogP) is 3.70. The third kappa shape index (κ3) is 4.70. The summed E-state index contributed by atoms with van der Waals surface area (Å²) in [6.45, 7) is 5.10. The van der Waals surface area contributed by atoms with Crippen molar-refractivity contribution in [1.82, 2.24) is 4.98 Å². The largest absolute Gasteiger partial charge is 0.462 e. The molecule has 6 nitrogen and oxygen atoms in total. The number of esters is 1. The number of benzene rings is 1. The predicted molar refractivity (Wildman–Crippen MR) is 95.6 cm³/mol. The number of H-pyrrole nitrogens is 1. The summed E-state index contributed by atoms with van der Waals surface area (Å²) < 4.78 is 5.01. The first-order chi connectivity index (χ1) is 11.9. The average Bonchev–Trinajstić information content (AvgIpc) is 2.87. The Balaban J connectivity index is 2.06. The van der Waals surface area contributed by atoms with E-state index in [-0.39, 0.29) is 30.1 Å². The Hall–Kier alpha value is -2.60. The van der Waals surface area contributed by atoms with E-state index < -0.39 is 5.97 Å². The van der Waals surface area contributed by atoms with E-state index in [1.807, 2.05) is 0 Å². The molecule has 0 saturated heterocycles. The third-order valence-electron chi connectivity index (χ3n) is 3.48. The Morgan fingerprint density at radius 1 is 1.16 bits per heavy atom. The first-order valence-corrected chi connectivity index (χ1v) is 8.12. The Labute approximate surface area is 150 Å². The SMILES string of the molecule is CCOC(=O)c1c(C)[nH]c(C)c1C(=O)CO/N=C/c1ccc(Cl)cc1. The summed E-state index contributed by atoms with van der Waals surface area (Å²) in [5.41, 5.74) is 2.49. The molecule has 1 heterocycles. The van der Waals surface area contributed by atoms with Crippen LogP contribution in [0.5, 0.6) is 0 Å². The minimum atomic E-state index is -0.530. The second-order valence-corrected chi connectivity index (χ2v) is 5.76. The molecular weight excluding hydrogens is 344 g/mol. The molecule has 0 aliphatic carbocycles. The van der Waals surface area contributed by atoms with E-state index in [9.17, 15) is 9.59 Å². The van der Waals surface area contributed by atoms with Gasteiger partial charge in [-0.25, -0.2) is 4.79 Å². The van der Waals surface area contributed by atoms with Crippen LogP contribution in [0.4, 0.5) is 0 Å². The molecule has 0 unspecified atom stereocenters. The van der Waals surface area contributed by atoms with E-state index in [0.29, 0.717) is 16.4 Å². The van der Waals surface area contributed by atoms with Crippen LogP contribution in [0.15, 0.2) is 29.4 Å². The number of ketones is 1. The zero-order chi connectivity index (χ0) is 18.4. The maximum atomic E-state index is 12.4. The van der Waals surface area contributed by atoms with Gasteiger partial charge in [0.05, 0.1) is 23.9 Å². The Bertz CT molecular complexity index is 794. The molecule has 25 heavy (non-hydrogen) atoms. The Morgan fingerprint density at radius 3 is 2.44 bits per heavy atom. The number of aromatic amines is 1. The molecule has 0 saturated carbocycles. The van der Waals surface area contributed by atoms with E-state index >= 15 is 0 Å². The summed E-state index contributed by atoms with van der Waals surface area (Å²) >= 11 is 5.80. The topological polar surface area (TPSA) is 80.8 Å². The Morgan fingerprint density at radius 2 is 1.80 bits per heavy atom. The van der Waals surface area contributed by atoms with Crippen molar-refractivity contribution in [2.75, 3.05) is 13.2 Å². The number of nitrogens with one attached hydrogen (secondary N) is 1. The fraction of sp³-hybridized carbons (Fsp3) is 0.278. The van der Waals surface area contributed by atoms with Crippen molar-refractivity contribution in [3.8, 4) is 0 Å². The van der Waals surface area contributed by atoms with E-state index in [1.54, 1.807) is 45.0 Å².